The average Bonchev–Trinajstić information content (AvgIpc) is 3.36. The van der Waals surface area contributed by atoms with E-state index >= 15 is 0 Å². The number of carbonyl (C=O) groups excluding carboxylic acids is 1. The van der Waals surface area contributed by atoms with Crippen LogP contribution in [0.25, 0.3) is 0 Å². The third-order valence-corrected chi connectivity index (χ3v) is 5.15. The summed E-state index contributed by atoms with van der Waals surface area (Å²) < 4.78 is 11.3. The molecule has 1 amide bonds. The maximum absolute atomic E-state index is 12.6. The van der Waals surface area contributed by atoms with Crippen LogP contribution in [0.3, 0.4) is 0 Å². The van der Waals surface area contributed by atoms with Gasteiger partial charge in [-0.2, -0.15) is 5.26 Å². The van der Waals surface area contributed by atoms with Gasteiger partial charge in [-0.3, -0.25) is 4.79 Å². The molecule has 0 spiro atoms. The quantitative estimate of drug-likeness (QED) is 0.638. The van der Waals surface area contributed by atoms with Crippen molar-refractivity contribution >= 4 is 17.2 Å². The second kappa shape index (κ2) is 7.89. The molecule has 5 nitrogen and oxygen atoms in total. The van der Waals surface area contributed by atoms with Crippen molar-refractivity contribution in [1.29, 1.82) is 5.26 Å². The van der Waals surface area contributed by atoms with Crippen molar-refractivity contribution in [3.8, 4) is 11.8 Å². The maximum Gasteiger partial charge on any atom is 0.289 e. The summed E-state index contributed by atoms with van der Waals surface area (Å²) in [4.78, 5) is 15.4. The fourth-order valence-corrected chi connectivity index (χ4v) is 3.30. The highest BCUT2D eigenvalue weighted by molar-refractivity contribution is 7.10. The van der Waals surface area contributed by atoms with Crippen LogP contribution in [0.5, 0.6) is 5.75 Å². The fourth-order valence-electron chi connectivity index (χ4n) is 2.47. The number of furan rings is 1. The van der Waals surface area contributed by atoms with Gasteiger partial charge in [-0.1, -0.05) is 18.2 Å². The molecule has 0 radical (unpaired) electrons. The Labute approximate surface area is 156 Å². The minimum atomic E-state index is -0.186. The highest BCUT2D eigenvalue weighted by atomic mass is 32.1. The van der Waals surface area contributed by atoms with Crippen LogP contribution in [0.2, 0.25) is 0 Å². The van der Waals surface area contributed by atoms with Gasteiger partial charge in [-0.25, -0.2) is 0 Å². The summed E-state index contributed by atoms with van der Waals surface area (Å²) in [6, 6.07) is 16.4. The molecule has 0 fully saturated rings. The van der Waals surface area contributed by atoms with Gasteiger partial charge in [0.15, 0.2) is 5.76 Å². The first-order chi connectivity index (χ1) is 12.6. The third-order valence-electron chi connectivity index (χ3n) is 4.11. The molecule has 1 unspecified atom stereocenters. The van der Waals surface area contributed by atoms with Crippen LogP contribution in [-0.2, 0) is 6.61 Å². The Morgan fingerprint density at radius 1 is 1.27 bits per heavy atom. The Morgan fingerprint density at radius 2 is 2.08 bits per heavy atom. The molecule has 3 rings (SSSR count). The second-order valence-corrected chi connectivity index (χ2v) is 6.75. The number of nitriles is 1. The molecule has 1 aromatic carbocycles. The molecule has 26 heavy (non-hydrogen) atoms. The van der Waals surface area contributed by atoms with Crippen molar-refractivity contribution in [1.82, 2.24) is 4.90 Å². The number of thiophene rings is 1. The van der Waals surface area contributed by atoms with Gasteiger partial charge in [0.1, 0.15) is 24.2 Å². The zero-order chi connectivity index (χ0) is 18.5. The van der Waals surface area contributed by atoms with E-state index in [0.717, 1.165) is 4.88 Å². The molecule has 1 atom stereocenters. The Hall–Kier alpha value is -3.04. The Balaban J connectivity index is 1.65. The summed E-state index contributed by atoms with van der Waals surface area (Å²) in [5, 5.41) is 11.1. The van der Waals surface area contributed by atoms with Crippen molar-refractivity contribution in [2.24, 2.45) is 0 Å². The zero-order valence-electron chi connectivity index (χ0n) is 14.5. The van der Waals surface area contributed by atoms with Gasteiger partial charge in [0.25, 0.3) is 5.91 Å². The molecule has 2 aromatic heterocycles. The number of carbonyl (C=O) groups is 1. The largest absolute Gasteiger partial charge is 0.484 e. The van der Waals surface area contributed by atoms with Crippen molar-refractivity contribution in [2.45, 2.75) is 19.6 Å². The smallest absolute Gasteiger partial charge is 0.289 e. The SMILES string of the molecule is CC(c1cccs1)N(C)C(=O)c1ccc(COc2ccccc2C#N)o1. The van der Waals surface area contributed by atoms with Gasteiger partial charge in [-0.15, -0.1) is 11.3 Å². The maximum atomic E-state index is 12.6. The van der Waals surface area contributed by atoms with Crippen molar-refractivity contribution in [2.75, 3.05) is 7.05 Å². The number of hydrogen-bond acceptors (Lipinski definition) is 5. The molecule has 0 N–H and O–H groups in total. The number of amides is 1. The molecule has 0 saturated heterocycles. The molecule has 132 valence electrons. The molecule has 0 saturated carbocycles. The highest BCUT2D eigenvalue weighted by Crippen LogP contribution is 2.25. The van der Waals surface area contributed by atoms with E-state index in [1.165, 1.54) is 0 Å². The predicted octanol–water partition coefficient (Wildman–Crippen LogP) is 4.62. The summed E-state index contributed by atoms with van der Waals surface area (Å²) in [5.74, 6) is 1.10. The standard InChI is InChI=1S/C20H18N2O3S/c1-14(19-8-5-11-26-19)22(2)20(23)18-10-9-16(25-18)13-24-17-7-4-3-6-15(17)12-21/h3-11,14H,13H2,1-2H3. The lowest BCUT2D eigenvalue weighted by molar-refractivity contribution is 0.0708. The zero-order valence-corrected chi connectivity index (χ0v) is 15.3. The minimum Gasteiger partial charge on any atom is -0.484 e. The third kappa shape index (κ3) is 3.79. The van der Waals surface area contributed by atoms with Gasteiger partial charge >= 0.3 is 0 Å². The average molecular weight is 366 g/mol. The van der Waals surface area contributed by atoms with E-state index in [4.69, 9.17) is 14.4 Å². The van der Waals surface area contributed by atoms with Crippen molar-refractivity contribution < 1.29 is 13.9 Å². The molecule has 0 aliphatic heterocycles. The van der Waals surface area contributed by atoms with E-state index in [9.17, 15) is 4.79 Å². The van der Waals surface area contributed by atoms with Gasteiger partial charge in [0.2, 0.25) is 0 Å². The van der Waals surface area contributed by atoms with Crippen LogP contribution < -0.4 is 4.74 Å². The van der Waals surface area contributed by atoms with Crippen LogP contribution in [-0.4, -0.2) is 17.9 Å². The number of rotatable bonds is 6. The number of benzene rings is 1. The lowest BCUT2D eigenvalue weighted by Gasteiger charge is -2.23. The number of ether oxygens (including phenoxy) is 1. The molecule has 0 aliphatic rings. The topological polar surface area (TPSA) is 66.5 Å². The normalized spacial score (nSPS) is 11.6. The molecule has 0 aliphatic carbocycles. The van der Waals surface area contributed by atoms with Gasteiger partial charge < -0.3 is 14.1 Å². The summed E-state index contributed by atoms with van der Waals surface area (Å²) in [6.07, 6.45) is 0. The summed E-state index contributed by atoms with van der Waals surface area (Å²) in [5.41, 5.74) is 0.458. The molecule has 6 heteroatoms. The fraction of sp³-hybridized carbons (Fsp3) is 0.200. The van der Waals surface area contributed by atoms with Crippen LogP contribution in [0, 0.1) is 11.3 Å². The van der Waals surface area contributed by atoms with Gasteiger partial charge in [0.05, 0.1) is 11.6 Å². The van der Waals surface area contributed by atoms with E-state index in [0.29, 0.717) is 17.1 Å². The van der Waals surface area contributed by atoms with Gasteiger partial charge in [-0.05, 0) is 42.6 Å². The van der Waals surface area contributed by atoms with Gasteiger partial charge in [0, 0.05) is 11.9 Å². The number of nitrogens with zero attached hydrogens (tertiary/aromatic N) is 2. The van der Waals surface area contributed by atoms with Crippen LogP contribution in [0.1, 0.15) is 39.7 Å². The van der Waals surface area contributed by atoms with Crippen molar-refractivity contribution in [3.05, 3.63) is 75.9 Å². The van der Waals surface area contributed by atoms with E-state index in [2.05, 4.69) is 6.07 Å². The Bertz CT molecular complexity index is 925. The first kappa shape index (κ1) is 17.8. The number of hydrogen-bond donors (Lipinski definition) is 0. The monoisotopic (exact) mass is 366 g/mol. The highest BCUT2D eigenvalue weighted by Gasteiger charge is 2.22. The Kier molecular flexibility index (Phi) is 5.40. The molecule has 3 aromatic rings. The van der Waals surface area contributed by atoms with E-state index in [1.807, 2.05) is 24.4 Å². The number of para-hydroxylation sites is 1. The lowest BCUT2D eigenvalue weighted by atomic mass is 10.2. The molecule has 0 bridgehead atoms. The summed E-state index contributed by atoms with van der Waals surface area (Å²) >= 11 is 1.62. The van der Waals surface area contributed by atoms with Crippen molar-refractivity contribution in [3.63, 3.8) is 0 Å². The molecule has 2 heterocycles. The van der Waals surface area contributed by atoms with E-state index in [1.54, 1.807) is 59.7 Å². The molecular weight excluding hydrogens is 348 g/mol. The summed E-state index contributed by atoms with van der Waals surface area (Å²) in [6.45, 7) is 2.13. The predicted molar refractivity (Wildman–Crippen MR) is 99.0 cm³/mol. The summed E-state index contributed by atoms with van der Waals surface area (Å²) in [7, 11) is 1.76. The first-order valence-corrected chi connectivity index (χ1v) is 8.99. The van der Waals surface area contributed by atoms with E-state index in [-0.39, 0.29) is 24.3 Å². The van der Waals surface area contributed by atoms with E-state index < -0.39 is 0 Å². The second-order valence-electron chi connectivity index (χ2n) is 5.77. The van der Waals surface area contributed by atoms with Crippen LogP contribution in [0.4, 0.5) is 0 Å². The Morgan fingerprint density at radius 3 is 2.81 bits per heavy atom. The lowest BCUT2D eigenvalue weighted by Crippen LogP contribution is -2.28. The van der Waals surface area contributed by atoms with Crippen LogP contribution >= 0.6 is 11.3 Å². The minimum absolute atomic E-state index is 0.0326. The first-order valence-electron chi connectivity index (χ1n) is 8.11. The molecular formula is C20H18N2O3S. The van der Waals surface area contributed by atoms with Crippen LogP contribution in [0.15, 0.2) is 58.3 Å².